The minimum Gasteiger partial charge on any atom is -0.324 e. The van der Waals surface area contributed by atoms with Gasteiger partial charge in [0.1, 0.15) is 0 Å². The Morgan fingerprint density at radius 1 is 1.33 bits per heavy atom. The van der Waals surface area contributed by atoms with Gasteiger partial charge in [-0.15, -0.1) is 0 Å². The van der Waals surface area contributed by atoms with Crippen LogP contribution < -0.4 is 5.73 Å². The molecule has 2 N–H and O–H groups in total. The first-order valence-electron chi connectivity index (χ1n) is 5.30. The Morgan fingerprint density at radius 3 is 2.60 bits per heavy atom. The van der Waals surface area contributed by atoms with Crippen molar-refractivity contribution in [2.45, 2.75) is 25.8 Å². The van der Waals surface area contributed by atoms with Crippen LogP contribution in [-0.2, 0) is 0 Å². The SMILES string of the molecule is CC(C1CC1)C(N)c1cccc(F)c1F. The Morgan fingerprint density at radius 2 is 2.00 bits per heavy atom. The van der Waals surface area contributed by atoms with Gasteiger partial charge in [0, 0.05) is 11.6 Å². The van der Waals surface area contributed by atoms with Crippen LogP contribution in [0.15, 0.2) is 18.2 Å². The van der Waals surface area contributed by atoms with E-state index in [1.54, 1.807) is 6.07 Å². The van der Waals surface area contributed by atoms with E-state index in [0.717, 1.165) is 18.9 Å². The summed E-state index contributed by atoms with van der Waals surface area (Å²) in [4.78, 5) is 0. The highest BCUT2D eigenvalue weighted by atomic mass is 19.2. The van der Waals surface area contributed by atoms with E-state index in [2.05, 4.69) is 0 Å². The maximum Gasteiger partial charge on any atom is 0.163 e. The molecule has 2 unspecified atom stereocenters. The molecule has 0 radical (unpaired) electrons. The lowest BCUT2D eigenvalue weighted by Gasteiger charge is -2.20. The van der Waals surface area contributed by atoms with E-state index in [9.17, 15) is 8.78 Å². The number of hydrogen-bond acceptors (Lipinski definition) is 1. The zero-order chi connectivity index (χ0) is 11.0. The third-order valence-electron chi connectivity index (χ3n) is 3.27. The van der Waals surface area contributed by atoms with E-state index in [1.807, 2.05) is 6.92 Å². The van der Waals surface area contributed by atoms with Crippen LogP contribution in [0.4, 0.5) is 8.78 Å². The molecule has 0 bridgehead atoms. The minimum absolute atomic E-state index is 0.223. The van der Waals surface area contributed by atoms with Crippen molar-refractivity contribution in [1.82, 2.24) is 0 Å². The molecule has 1 saturated carbocycles. The maximum atomic E-state index is 13.4. The Hall–Kier alpha value is -0.960. The number of nitrogens with two attached hydrogens (primary N) is 1. The quantitative estimate of drug-likeness (QED) is 0.817. The third kappa shape index (κ3) is 2.02. The van der Waals surface area contributed by atoms with Crippen LogP contribution in [0.25, 0.3) is 0 Å². The molecule has 15 heavy (non-hydrogen) atoms. The second-order valence-electron chi connectivity index (χ2n) is 4.37. The van der Waals surface area contributed by atoms with E-state index >= 15 is 0 Å². The summed E-state index contributed by atoms with van der Waals surface area (Å²) in [6.07, 6.45) is 2.32. The smallest absolute Gasteiger partial charge is 0.163 e. The van der Waals surface area contributed by atoms with Crippen molar-refractivity contribution in [3.8, 4) is 0 Å². The highest BCUT2D eigenvalue weighted by Crippen LogP contribution is 2.42. The van der Waals surface area contributed by atoms with E-state index < -0.39 is 17.7 Å². The monoisotopic (exact) mass is 211 g/mol. The summed E-state index contributed by atoms with van der Waals surface area (Å²) in [6, 6.07) is 3.80. The molecule has 1 aliphatic carbocycles. The van der Waals surface area contributed by atoms with Crippen molar-refractivity contribution in [3.63, 3.8) is 0 Å². The average molecular weight is 211 g/mol. The van der Waals surface area contributed by atoms with Crippen LogP contribution in [-0.4, -0.2) is 0 Å². The highest BCUT2D eigenvalue weighted by molar-refractivity contribution is 5.23. The molecule has 1 fully saturated rings. The molecule has 82 valence electrons. The van der Waals surface area contributed by atoms with Gasteiger partial charge in [0.25, 0.3) is 0 Å². The number of hydrogen-bond donors (Lipinski definition) is 1. The first kappa shape index (κ1) is 10.6. The van der Waals surface area contributed by atoms with Crippen molar-refractivity contribution in [2.24, 2.45) is 17.6 Å². The zero-order valence-electron chi connectivity index (χ0n) is 8.71. The molecule has 1 aromatic rings. The van der Waals surface area contributed by atoms with Gasteiger partial charge < -0.3 is 5.73 Å². The molecule has 2 rings (SSSR count). The maximum absolute atomic E-state index is 13.4. The van der Waals surface area contributed by atoms with Gasteiger partial charge >= 0.3 is 0 Å². The van der Waals surface area contributed by atoms with Crippen LogP contribution in [0.5, 0.6) is 0 Å². The van der Waals surface area contributed by atoms with Crippen molar-refractivity contribution in [2.75, 3.05) is 0 Å². The normalized spacial score (nSPS) is 20.0. The fraction of sp³-hybridized carbons (Fsp3) is 0.500. The van der Waals surface area contributed by atoms with Gasteiger partial charge in [0.15, 0.2) is 11.6 Å². The van der Waals surface area contributed by atoms with Crippen molar-refractivity contribution >= 4 is 0 Å². The molecule has 1 aromatic carbocycles. The van der Waals surface area contributed by atoms with Crippen LogP contribution in [0.1, 0.15) is 31.4 Å². The first-order valence-corrected chi connectivity index (χ1v) is 5.30. The van der Waals surface area contributed by atoms with Crippen LogP contribution in [0.3, 0.4) is 0 Å². The van der Waals surface area contributed by atoms with Gasteiger partial charge in [-0.2, -0.15) is 0 Å². The Labute approximate surface area is 88.3 Å². The van der Waals surface area contributed by atoms with Gasteiger partial charge in [-0.3, -0.25) is 0 Å². The molecular formula is C12H15F2N. The zero-order valence-corrected chi connectivity index (χ0v) is 8.71. The lowest BCUT2D eigenvalue weighted by molar-refractivity contribution is 0.395. The lowest BCUT2D eigenvalue weighted by Crippen LogP contribution is -2.22. The summed E-state index contributed by atoms with van der Waals surface area (Å²) >= 11 is 0. The summed E-state index contributed by atoms with van der Waals surface area (Å²) in [5, 5.41) is 0. The second kappa shape index (κ2) is 3.89. The molecule has 1 aliphatic rings. The number of halogens is 2. The Kier molecular flexibility index (Phi) is 2.74. The first-order chi connectivity index (χ1) is 7.11. The van der Waals surface area contributed by atoms with Gasteiger partial charge in [0.2, 0.25) is 0 Å². The van der Waals surface area contributed by atoms with Gasteiger partial charge in [-0.1, -0.05) is 19.1 Å². The molecule has 3 heteroatoms. The van der Waals surface area contributed by atoms with E-state index in [0.29, 0.717) is 11.5 Å². The minimum atomic E-state index is -0.814. The van der Waals surface area contributed by atoms with E-state index in [1.165, 1.54) is 6.07 Å². The summed E-state index contributed by atoms with van der Waals surface area (Å²) in [5.74, 6) is -0.799. The molecule has 1 nitrogen and oxygen atoms in total. The molecular weight excluding hydrogens is 196 g/mol. The molecule has 0 aliphatic heterocycles. The Bertz CT molecular complexity index is 361. The van der Waals surface area contributed by atoms with E-state index in [4.69, 9.17) is 5.73 Å². The second-order valence-corrected chi connectivity index (χ2v) is 4.37. The topological polar surface area (TPSA) is 26.0 Å². The Balaban J connectivity index is 2.24. The summed E-state index contributed by atoms with van der Waals surface area (Å²) in [5.41, 5.74) is 6.24. The molecule has 0 saturated heterocycles. The van der Waals surface area contributed by atoms with Gasteiger partial charge in [-0.05, 0) is 30.7 Å². The molecule has 0 amide bonds. The number of rotatable bonds is 3. The molecule has 0 heterocycles. The standard InChI is InChI=1S/C12H15F2N/c1-7(8-5-6-8)12(15)9-3-2-4-10(13)11(9)14/h2-4,7-8,12H,5-6,15H2,1H3. The largest absolute Gasteiger partial charge is 0.324 e. The predicted molar refractivity (Wildman–Crippen MR) is 55.2 cm³/mol. The van der Waals surface area contributed by atoms with Crippen LogP contribution in [0, 0.1) is 23.5 Å². The fourth-order valence-electron chi connectivity index (χ4n) is 1.98. The molecule has 0 aromatic heterocycles. The summed E-state index contributed by atoms with van der Waals surface area (Å²) in [7, 11) is 0. The average Bonchev–Trinajstić information content (AvgIpc) is 3.03. The van der Waals surface area contributed by atoms with Crippen molar-refractivity contribution < 1.29 is 8.78 Å². The molecule has 2 atom stereocenters. The highest BCUT2D eigenvalue weighted by Gasteiger charge is 2.33. The van der Waals surface area contributed by atoms with Crippen molar-refractivity contribution in [1.29, 1.82) is 0 Å². The van der Waals surface area contributed by atoms with Gasteiger partial charge in [0.05, 0.1) is 0 Å². The van der Waals surface area contributed by atoms with Crippen LogP contribution >= 0.6 is 0 Å². The number of benzene rings is 1. The van der Waals surface area contributed by atoms with E-state index in [-0.39, 0.29) is 5.92 Å². The summed E-state index contributed by atoms with van der Waals surface area (Å²) < 4.78 is 26.4. The predicted octanol–water partition coefficient (Wildman–Crippen LogP) is 3.01. The van der Waals surface area contributed by atoms with Crippen molar-refractivity contribution in [3.05, 3.63) is 35.4 Å². The lowest BCUT2D eigenvalue weighted by atomic mass is 9.91. The van der Waals surface area contributed by atoms with Gasteiger partial charge in [-0.25, -0.2) is 8.78 Å². The van der Waals surface area contributed by atoms with Crippen LogP contribution in [0.2, 0.25) is 0 Å². The molecule has 0 spiro atoms. The fourth-order valence-corrected chi connectivity index (χ4v) is 1.98. The summed E-state index contributed by atoms with van der Waals surface area (Å²) in [6.45, 7) is 2.01. The third-order valence-corrected chi connectivity index (χ3v) is 3.27.